The summed E-state index contributed by atoms with van der Waals surface area (Å²) in [6.45, 7) is 0.612. The van der Waals surface area contributed by atoms with Gasteiger partial charge in [0.25, 0.3) is 0 Å². The normalized spacial score (nSPS) is 13.3. The van der Waals surface area contributed by atoms with Gasteiger partial charge in [-0.2, -0.15) is 8.78 Å². The fourth-order valence-electron chi connectivity index (χ4n) is 2.74. The lowest BCUT2D eigenvalue weighted by Crippen LogP contribution is -2.16. The minimum atomic E-state index is -2.97. The minimum absolute atomic E-state index is 0.0167. The Labute approximate surface area is 170 Å². The summed E-state index contributed by atoms with van der Waals surface area (Å²) in [6, 6.07) is 4.30. The first-order valence-corrected chi connectivity index (χ1v) is 9.81. The van der Waals surface area contributed by atoms with Crippen molar-refractivity contribution >= 4 is 28.2 Å². The maximum Gasteiger partial charge on any atom is 0.387 e. The van der Waals surface area contributed by atoms with Crippen LogP contribution in [0.3, 0.4) is 0 Å². The van der Waals surface area contributed by atoms with Gasteiger partial charge in [-0.25, -0.2) is 4.79 Å². The van der Waals surface area contributed by atoms with E-state index in [4.69, 9.17) is 9.47 Å². The quantitative estimate of drug-likeness (QED) is 0.622. The molecule has 6 nitrogen and oxygen atoms in total. The van der Waals surface area contributed by atoms with Gasteiger partial charge in [-0.1, -0.05) is 6.07 Å². The molecule has 1 aliphatic rings. The molecule has 1 heterocycles. The summed E-state index contributed by atoms with van der Waals surface area (Å²) in [4.78, 5) is 25.7. The third-order valence-corrected chi connectivity index (χ3v) is 5.71. The highest BCUT2D eigenvalue weighted by Crippen LogP contribution is 2.36. The fourth-order valence-corrected chi connectivity index (χ4v) is 3.79. The zero-order valence-corrected chi connectivity index (χ0v) is 17.0. The second kappa shape index (κ2) is 8.77. The van der Waals surface area contributed by atoms with Gasteiger partial charge >= 0.3 is 12.6 Å². The maximum absolute atomic E-state index is 12.7. The van der Waals surface area contributed by atoms with Crippen LogP contribution in [0.5, 0.6) is 11.5 Å². The molecule has 1 fully saturated rings. The topological polar surface area (TPSA) is 73.9 Å². The van der Waals surface area contributed by atoms with E-state index in [2.05, 4.69) is 10.1 Å². The van der Waals surface area contributed by atoms with E-state index in [0.29, 0.717) is 16.1 Å². The molecule has 1 N–H and O–H groups in total. The molecule has 0 unspecified atom stereocenters. The standard InChI is InChI=1S/C20H21F2NO5S/c1-10-11(2)29-18(23-17(24)13-5-6-13)16(10)19(25)27-9-12-4-7-14(28-20(21)22)15(8-12)26-3/h4,7-8,13,20H,5-6,9H2,1-3H3,(H,23,24). The summed E-state index contributed by atoms with van der Waals surface area (Å²) >= 11 is 1.34. The van der Waals surface area contributed by atoms with Gasteiger partial charge in [-0.15, -0.1) is 11.3 Å². The van der Waals surface area contributed by atoms with Crippen LogP contribution >= 0.6 is 11.3 Å². The number of carbonyl (C=O) groups excluding carboxylic acids is 2. The summed E-state index contributed by atoms with van der Waals surface area (Å²) in [5.41, 5.74) is 1.64. The second-order valence-electron chi connectivity index (χ2n) is 6.69. The number of aryl methyl sites for hydroxylation is 1. The van der Waals surface area contributed by atoms with Gasteiger partial charge in [0.2, 0.25) is 5.91 Å². The van der Waals surface area contributed by atoms with Gasteiger partial charge in [0.05, 0.1) is 12.7 Å². The molecule has 0 bridgehead atoms. The zero-order chi connectivity index (χ0) is 21.1. The number of anilines is 1. The van der Waals surface area contributed by atoms with Crippen molar-refractivity contribution in [3.63, 3.8) is 0 Å². The number of amides is 1. The molecule has 0 aliphatic heterocycles. The lowest BCUT2D eigenvalue weighted by molar-refractivity contribution is -0.117. The number of alkyl halides is 2. The van der Waals surface area contributed by atoms with Gasteiger partial charge in [0.1, 0.15) is 11.6 Å². The number of carbonyl (C=O) groups is 2. The van der Waals surface area contributed by atoms with Crippen molar-refractivity contribution in [2.45, 2.75) is 39.9 Å². The molecule has 0 saturated heterocycles. The summed E-state index contributed by atoms with van der Waals surface area (Å²) in [5.74, 6) is -0.627. The van der Waals surface area contributed by atoms with Crippen molar-refractivity contribution in [1.82, 2.24) is 0 Å². The Morgan fingerprint density at radius 3 is 2.59 bits per heavy atom. The van der Waals surface area contributed by atoms with Crippen molar-refractivity contribution in [2.75, 3.05) is 12.4 Å². The Kier molecular flexibility index (Phi) is 6.36. The molecule has 3 rings (SSSR count). The van der Waals surface area contributed by atoms with Crippen LogP contribution in [-0.4, -0.2) is 25.6 Å². The van der Waals surface area contributed by atoms with Crippen LogP contribution in [0.4, 0.5) is 13.8 Å². The lowest BCUT2D eigenvalue weighted by atomic mass is 10.1. The molecule has 0 radical (unpaired) electrons. The van der Waals surface area contributed by atoms with Gasteiger partial charge < -0.3 is 19.5 Å². The summed E-state index contributed by atoms with van der Waals surface area (Å²) < 4.78 is 39.7. The van der Waals surface area contributed by atoms with E-state index in [1.165, 1.54) is 36.6 Å². The molecule has 1 aromatic carbocycles. The third-order valence-electron chi connectivity index (χ3n) is 4.59. The molecule has 1 saturated carbocycles. The predicted molar refractivity (Wildman–Crippen MR) is 104 cm³/mol. The smallest absolute Gasteiger partial charge is 0.387 e. The number of hydrogen-bond donors (Lipinski definition) is 1. The first-order valence-electron chi connectivity index (χ1n) is 8.99. The number of esters is 1. The fraction of sp³-hybridized carbons (Fsp3) is 0.400. The molecule has 156 valence electrons. The average molecular weight is 425 g/mol. The molecule has 1 aromatic heterocycles. The highest BCUT2D eigenvalue weighted by molar-refractivity contribution is 7.16. The first kappa shape index (κ1) is 21.0. The highest BCUT2D eigenvalue weighted by Gasteiger charge is 2.31. The molecule has 1 amide bonds. The number of ether oxygens (including phenoxy) is 3. The zero-order valence-electron chi connectivity index (χ0n) is 16.2. The third kappa shape index (κ3) is 5.03. The van der Waals surface area contributed by atoms with Crippen LogP contribution in [-0.2, 0) is 16.1 Å². The minimum Gasteiger partial charge on any atom is -0.493 e. The van der Waals surface area contributed by atoms with Gasteiger partial charge in [0.15, 0.2) is 11.5 Å². The maximum atomic E-state index is 12.7. The van der Waals surface area contributed by atoms with Crippen LogP contribution < -0.4 is 14.8 Å². The van der Waals surface area contributed by atoms with E-state index < -0.39 is 12.6 Å². The van der Waals surface area contributed by atoms with Gasteiger partial charge in [0, 0.05) is 10.8 Å². The first-order chi connectivity index (χ1) is 13.8. The summed E-state index contributed by atoms with van der Waals surface area (Å²) in [7, 11) is 1.33. The van der Waals surface area contributed by atoms with Crippen LogP contribution in [0.15, 0.2) is 18.2 Å². The van der Waals surface area contributed by atoms with Crippen LogP contribution in [0, 0.1) is 19.8 Å². The van der Waals surface area contributed by atoms with Crippen molar-refractivity contribution < 1.29 is 32.6 Å². The van der Waals surface area contributed by atoms with Crippen molar-refractivity contribution in [2.24, 2.45) is 5.92 Å². The molecule has 9 heteroatoms. The summed E-state index contributed by atoms with van der Waals surface area (Å²) in [6.07, 6.45) is 1.73. The predicted octanol–water partition coefficient (Wildman–Crippen LogP) is 4.68. The number of methoxy groups -OCH3 is 1. The average Bonchev–Trinajstić information content (AvgIpc) is 3.48. The number of halogens is 2. The van der Waals surface area contributed by atoms with E-state index in [0.717, 1.165) is 23.3 Å². The number of hydrogen-bond acceptors (Lipinski definition) is 6. The van der Waals surface area contributed by atoms with Crippen LogP contribution in [0.2, 0.25) is 0 Å². The number of nitrogens with one attached hydrogen (secondary N) is 1. The molecule has 0 spiro atoms. The van der Waals surface area contributed by atoms with E-state index >= 15 is 0 Å². The molecular formula is C20H21F2NO5S. The van der Waals surface area contributed by atoms with Gasteiger partial charge in [-0.05, 0) is 49.9 Å². The van der Waals surface area contributed by atoms with E-state index in [1.807, 2.05) is 6.92 Å². The SMILES string of the molecule is COc1cc(COC(=O)c2c(NC(=O)C3CC3)sc(C)c2C)ccc1OC(F)F. The Morgan fingerprint density at radius 1 is 1.24 bits per heavy atom. The number of benzene rings is 1. The Balaban J connectivity index is 1.71. The van der Waals surface area contributed by atoms with Crippen molar-refractivity contribution in [3.05, 3.63) is 39.8 Å². The van der Waals surface area contributed by atoms with E-state index in [-0.39, 0.29) is 29.9 Å². The van der Waals surface area contributed by atoms with Crippen molar-refractivity contribution in [1.29, 1.82) is 0 Å². The van der Waals surface area contributed by atoms with Crippen LogP contribution in [0.25, 0.3) is 0 Å². The van der Waals surface area contributed by atoms with E-state index in [1.54, 1.807) is 6.92 Å². The van der Waals surface area contributed by atoms with Crippen LogP contribution in [0.1, 0.15) is 39.2 Å². The lowest BCUT2D eigenvalue weighted by Gasteiger charge is -2.12. The summed E-state index contributed by atoms with van der Waals surface area (Å²) in [5, 5.41) is 3.31. The Bertz CT molecular complexity index is 924. The molecule has 2 aromatic rings. The monoisotopic (exact) mass is 425 g/mol. The number of rotatable bonds is 8. The molecule has 29 heavy (non-hydrogen) atoms. The second-order valence-corrected chi connectivity index (χ2v) is 7.92. The molecule has 1 aliphatic carbocycles. The molecule has 0 atom stereocenters. The highest BCUT2D eigenvalue weighted by atomic mass is 32.1. The Morgan fingerprint density at radius 2 is 1.97 bits per heavy atom. The Hall–Kier alpha value is -2.68. The largest absolute Gasteiger partial charge is 0.493 e. The van der Waals surface area contributed by atoms with Crippen molar-refractivity contribution in [3.8, 4) is 11.5 Å². The number of thiophene rings is 1. The van der Waals surface area contributed by atoms with Gasteiger partial charge in [-0.3, -0.25) is 4.79 Å². The van der Waals surface area contributed by atoms with E-state index in [9.17, 15) is 18.4 Å². The molecular weight excluding hydrogens is 404 g/mol.